The zero-order chi connectivity index (χ0) is 22.6. The molecule has 170 valence electrons. The van der Waals surface area contributed by atoms with Gasteiger partial charge < -0.3 is 4.74 Å². The average molecular weight is 423 g/mol. The highest BCUT2D eigenvalue weighted by Gasteiger charge is 2.56. The summed E-state index contributed by atoms with van der Waals surface area (Å²) in [5.41, 5.74) is 4.65. The molecule has 0 bridgehead atoms. The Hall–Kier alpha value is -1.41. The van der Waals surface area contributed by atoms with Crippen molar-refractivity contribution in [2.45, 2.75) is 79.8 Å². The number of carbonyl (C=O) groups is 1. The van der Waals surface area contributed by atoms with Crippen molar-refractivity contribution < 1.29 is 9.53 Å². The first-order valence-electron chi connectivity index (χ1n) is 12.5. The first kappa shape index (κ1) is 22.8. The molecule has 0 aromatic carbocycles. The van der Waals surface area contributed by atoms with Gasteiger partial charge in [-0.1, -0.05) is 65.8 Å². The van der Waals surface area contributed by atoms with E-state index in [-0.39, 0.29) is 16.9 Å². The van der Waals surface area contributed by atoms with Crippen molar-refractivity contribution in [3.8, 4) is 0 Å². The van der Waals surface area contributed by atoms with E-state index in [1.807, 2.05) is 13.2 Å². The Morgan fingerprint density at radius 1 is 1.06 bits per heavy atom. The molecule has 0 radical (unpaired) electrons. The van der Waals surface area contributed by atoms with Gasteiger partial charge >= 0.3 is 0 Å². The highest BCUT2D eigenvalue weighted by Crippen LogP contribution is 2.64. The minimum absolute atomic E-state index is 0.0981. The monoisotopic (exact) mass is 422 g/mol. The predicted molar refractivity (Wildman–Crippen MR) is 129 cm³/mol. The molecular weight excluding hydrogens is 380 g/mol. The second kappa shape index (κ2) is 8.18. The lowest BCUT2D eigenvalue weighted by atomic mass is 9.53. The number of carbonyl (C=O) groups excluding carboxylic acids is 1. The molecule has 4 rings (SSSR count). The molecule has 1 fully saturated rings. The van der Waals surface area contributed by atoms with Crippen molar-refractivity contribution in [2.75, 3.05) is 7.11 Å². The third-order valence-electron chi connectivity index (χ3n) is 9.63. The summed E-state index contributed by atoms with van der Waals surface area (Å²) in [5, 5.41) is 0. The fraction of sp³-hybridized carbons (Fsp3) is 0.690. The van der Waals surface area contributed by atoms with E-state index in [2.05, 4.69) is 65.8 Å². The SMILES string of the molecule is CO[C@@H]1C[C@H]([C@H](C)/C=C/[C@H](C)C(C)C)[C@@]2(C)CC[C@H]3C(=C12)C=CC1=CC(=O)CC[C@@]13C. The molecule has 2 heteroatoms. The van der Waals surface area contributed by atoms with Crippen LogP contribution in [0.1, 0.15) is 73.6 Å². The lowest BCUT2D eigenvalue weighted by molar-refractivity contribution is -0.116. The van der Waals surface area contributed by atoms with E-state index in [1.165, 1.54) is 24.0 Å². The summed E-state index contributed by atoms with van der Waals surface area (Å²) in [7, 11) is 1.89. The van der Waals surface area contributed by atoms with E-state index in [1.54, 1.807) is 5.57 Å². The van der Waals surface area contributed by atoms with Gasteiger partial charge in [-0.25, -0.2) is 0 Å². The number of allylic oxidation sites excluding steroid dienone is 7. The second-order valence-electron chi connectivity index (χ2n) is 11.6. The van der Waals surface area contributed by atoms with E-state index < -0.39 is 0 Å². The highest BCUT2D eigenvalue weighted by atomic mass is 16.5. The Kier molecular flexibility index (Phi) is 6.01. The second-order valence-corrected chi connectivity index (χ2v) is 11.6. The van der Waals surface area contributed by atoms with Crippen LogP contribution in [0.15, 0.2) is 47.1 Å². The van der Waals surface area contributed by atoms with Crippen LogP contribution in [0.4, 0.5) is 0 Å². The van der Waals surface area contributed by atoms with Crippen LogP contribution in [0.2, 0.25) is 0 Å². The molecule has 0 heterocycles. The van der Waals surface area contributed by atoms with Crippen LogP contribution in [-0.2, 0) is 9.53 Å². The molecule has 7 atom stereocenters. The third kappa shape index (κ3) is 3.63. The Bertz CT molecular complexity index is 856. The van der Waals surface area contributed by atoms with Gasteiger partial charge in [0.05, 0.1) is 6.10 Å². The number of methoxy groups -OCH3 is 1. The Labute approximate surface area is 189 Å². The molecule has 0 unspecified atom stereocenters. The molecule has 2 nitrogen and oxygen atoms in total. The summed E-state index contributed by atoms with van der Waals surface area (Å²) in [5.74, 6) is 3.26. The van der Waals surface area contributed by atoms with Crippen LogP contribution in [0.5, 0.6) is 0 Å². The van der Waals surface area contributed by atoms with Crippen LogP contribution in [0, 0.1) is 40.4 Å². The zero-order valence-electron chi connectivity index (χ0n) is 20.7. The Morgan fingerprint density at radius 3 is 2.48 bits per heavy atom. The highest BCUT2D eigenvalue weighted by molar-refractivity contribution is 5.92. The topological polar surface area (TPSA) is 26.3 Å². The van der Waals surface area contributed by atoms with Crippen molar-refractivity contribution in [1.82, 2.24) is 0 Å². The zero-order valence-corrected chi connectivity index (χ0v) is 20.7. The number of hydrogen-bond donors (Lipinski definition) is 0. The first-order valence-corrected chi connectivity index (χ1v) is 12.5. The van der Waals surface area contributed by atoms with Crippen molar-refractivity contribution in [2.24, 2.45) is 40.4 Å². The van der Waals surface area contributed by atoms with E-state index >= 15 is 0 Å². The smallest absolute Gasteiger partial charge is 0.156 e. The summed E-state index contributed by atoms with van der Waals surface area (Å²) in [6, 6.07) is 0. The summed E-state index contributed by atoms with van der Waals surface area (Å²) < 4.78 is 6.14. The van der Waals surface area contributed by atoms with Crippen molar-refractivity contribution in [3.05, 3.63) is 47.1 Å². The summed E-state index contributed by atoms with van der Waals surface area (Å²) in [6.07, 6.45) is 16.9. The number of hydrogen-bond acceptors (Lipinski definition) is 2. The van der Waals surface area contributed by atoms with Crippen LogP contribution in [0.25, 0.3) is 0 Å². The van der Waals surface area contributed by atoms with Gasteiger partial charge in [0.15, 0.2) is 5.78 Å². The number of rotatable bonds is 5. The molecule has 0 aromatic heterocycles. The van der Waals surface area contributed by atoms with E-state index in [9.17, 15) is 4.79 Å². The van der Waals surface area contributed by atoms with Gasteiger partial charge in [0, 0.05) is 13.5 Å². The van der Waals surface area contributed by atoms with E-state index in [4.69, 9.17) is 4.74 Å². The van der Waals surface area contributed by atoms with Crippen molar-refractivity contribution in [1.29, 1.82) is 0 Å². The quantitative estimate of drug-likeness (QED) is 0.442. The normalized spacial score (nSPS) is 39.4. The van der Waals surface area contributed by atoms with Gasteiger partial charge in [0.1, 0.15) is 0 Å². The van der Waals surface area contributed by atoms with E-state index in [0.717, 1.165) is 12.8 Å². The molecule has 0 aromatic rings. The fourth-order valence-corrected chi connectivity index (χ4v) is 7.11. The summed E-state index contributed by atoms with van der Waals surface area (Å²) >= 11 is 0. The molecule has 31 heavy (non-hydrogen) atoms. The molecule has 0 saturated heterocycles. The van der Waals surface area contributed by atoms with Gasteiger partial charge in [-0.15, -0.1) is 0 Å². The summed E-state index contributed by atoms with van der Waals surface area (Å²) in [6.45, 7) is 14.3. The average Bonchev–Trinajstić information content (AvgIpc) is 3.04. The Balaban J connectivity index is 1.73. The maximum Gasteiger partial charge on any atom is 0.156 e. The molecule has 0 aliphatic heterocycles. The van der Waals surface area contributed by atoms with E-state index in [0.29, 0.717) is 41.8 Å². The number of fused-ring (bicyclic) bond motifs is 4. The lowest BCUT2D eigenvalue weighted by Crippen LogP contribution is -2.42. The maximum atomic E-state index is 12.1. The Morgan fingerprint density at radius 2 is 1.81 bits per heavy atom. The van der Waals surface area contributed by atoms with Gasteiger partial charge in [0.2, 0.25) is 0 Å². The molecule has 4 aliphatic rings. The lowest BCUT2D eigenvalue weighted by Gasteiger charge is -2.51. The molecule has 4 aliphatic carbocycles. The van der Waals surface area contributed by atoms with Gasteiger partial charge in [-0.3, -0.25) is 4.79 Å². The fourth-order valence-electron chi connectivity index (χ4n) is 7.11. The third-order valence-corrected chi connectivity index (χ3v) is 9.63. The van der Waals surface area contributed by atoms with Crippen LogP contribution < -0.4 is 0 Å². The van der Waals surface area contributed by atoms with Gasteiger partial charge in [0.25, 0.3) is 0 Å². The van der Waals surface area contributed by atoms with Crippen molar-refractivity contribution in [3.63, 3.8) is 0 Å². The van der Waals surface area contributed by atoms with Crippen LogP contribution >= 0.6 is 0 Å². The van der Waals surface area contributed by atoms with Crippen LogP contribution in [0.3, 0.4) is 0 Å². The molecule has 1 saturated carbocycles. The molecule has 0 amide bonds. The minimum Gasteiger partial charge on any atom is -0.377 e. The van der Waals surface area contributed by atoms with Gasteiger partial charge in [-0.05, 0) is 88.9 Å². The van der Waals surface area contributed by atoms with Crippen LogP contribution in [-0.4, -0.2) is 19.0 Å². The molecule has 0 N–H and O–H groups in total. The minimum atomic E-state index is 0.0981. The first-order chi connectivity index (χ1) is 14.6. The number of ketones is 1. The largest absolute Gasteiger partial charge is 0.377 e. The number of ether oxygens (including phenoxy) is 1. The molecular formula is C29H42O2. The van der Waals surface area contributed by atoms with Crippen molar-refractivity contribution >= 4 is 5.78 Å². The molecule has 0 spiro atoms. The predicted octanol–water partition coefficient (Wildman–Crippen LogP) is 7.08. The maximum absolute atomic E-state index is 12.1. The van der Waals surface area contributed by atoms with Gasteiger partial charge in [-0.2, -0.15) is 0 Å². The summed E-state index contributed by atoms with van der Waals surface area (Å²) in [4.78, 5) is 12.1. The standard InChI is InChI=1S/C29H42O2/c1-18(2)19(3)8-9-20(4)25-17-26(31-7)27-23-11-10-21-16-22(30)12-14-28(21,5)24(23)13-15-29(25,27)6/h8-11,16,18-20,24-26H,12-15,17H2,1-7H3/b9-8+/t19-,20+,24-,25+,26+,28-,29+/m0/s1.